The van der Waals surface area contributed by atoms with E-state index in [2.05, 4.69) is 20.0 Å². The van der Waals surface area contributed by atoms with E-state index in [1.54, 1.807) is 17.0 Å². The molecule has 0 bridgehead atoms. The van der Waals surface area contributed by atoms with Gasteiger partial charge in [0.1, 0.15) is 0 Å². The number of benzene rings is 1. The number of hydrogen-bond acceptors (Lipinski definition) is 7. The lowest BCUT2D eigenvalue weighted by Crippen LogP contribution is -2.29. The van der Waals surface area contributed by atoms with Gasteiger partial charge in [0, 0.05) is 31.0 Å². The first-order valence-corrected chi connectivity index (χ1v) is 9.36. The molecule has 28 heavy (non-hydrogen) atoms. The van der Waals surface area contributed by atoms with Gasteiger partial charge >= 0.3 is 5.76 Å². The van der Waals surface area contributed by atoms with Gasteiger partial charge < -0.3 is 8.94 Å². The molecule has 4 aromatic rings. The molecule has 1 aromatic carbocycles. The first kappa shape index (κ1) is 16.9. The molecule has 1 aliphatic rings. The van der Waals surface area contributed by atoms with Crippen molar-refractivity contribution in [3.63, 3.8) is 0 Å². The first-order chi connectivity index (χ1) is 13.8. The minimum Gasteiger partial charge on any atom is -0.408 e. The van der Waals surface area contributed by atoms with Gasteiger partial charge in [-0.1, -0.05) is 17.3 Å². The molecular formula is C20H19N5O3. The Kier molecular flexibility index (Phi) is 4.25. The van der Waals surface area contributed by atoms with Gasteiger partial charge in [-0.25, -0.2) is 4.79 Å². The summed E-state index contributed by atoms with van der Waals surface area (Å²) in [5, 5.41) is 4.12. The van der Waals surface area contributed by atoms with Crippen LogP contribution >= 0.6 is 0 Å². The maximum atomic E-state index is 12.2. The van der Waals surface area contributed by atoms with E-state index in [1.807, 2.05) is 36.4 Å². The molecule has 0 saturated carbocycles. The Balaban J connectivity index is 1.34. The van der Waals surface area contributed by atoms with Crippen molar-refractivity contribution >= 4 is 11.1 Å². The number of fused-ring (bicyclic) bond motifs is 1. The summed E-state index contributed by atoms with van der Waals surface area (Å²) in [6.45, 7) is 2.20. The van der Waals surface area contributed by atoms with Crippen LogP contribution in [-0.2, 0) is 6.54 Å². The van der Waals surface area contributed by atoms with E-state index in [-0.39, 0.29) is 11.8 Å². The Hall–Kier alpha value is -3.26. The van der Waals surface area contributed by atoms with Crippen LogP contribution in [0.4, 0.5) is 0 Å². The maximum absolute atomic E-state index is 12.2. The number of nitrogens with zero attached hydrogens (tertiary/aromatic N) is 5. The lowest BCUT2D eigenvalue weighted by Gasteiger charge is -2.21. The van der Waals surface area contributed by atoms with Crippen molar-refractivity contribution in [3.05, 3.63) is 65.2 Å². The predicted octanol–water partition coefficient (Wildman–Crippen LogP) is 2.88. The normalized spacial score (nSPS) is 17.5. The van der Waals surface area contributed by atoms with Crippen LogP contribution in [0.1, 0.15) is 24.8 Å². The highest BCUT2D eigenvalue weighted by Gasteiger charge is 2.30. The van der Waals surface area contributed by atoms with E-state index in [0.717, 1.165) is 30.5 Å². The molecule has 1 saturated heterocycles. The van der Waals surface area contributed by atoms with E-state index < -0.39 is 0 Å². The SMILES string of the molecule is O=c1oc2ccccc2n1CCN1CCC[C@H]1c1nc(-c2ccncc2)no1. The van der Waals surface area contributed by atoms with Gasteiger partial charge in [-0.15, -0.1) is 0 Å². The topological polar surface area (TPSA) is 90.2 Å². The third-order valence-corrected chi connectivity index (χ3v) is 5.21. The highest BCUT2D eigenvalue weighted by molar-refractivity contribution is 5.72. The van der Waals surface area contributed by atoms with Gasteiger partial charge in [-0.05, 0) is 43.7 Å². The summed E-state index contributed by atoms with van der Waals surface area (Å²) in [6, 6.07) is 11.3. The zero-order chi connectivity index (χ0) is 18.9. The minimum atomic E-state index is -0.324. The Bertz CT molecular complexity index is 1150. The van der Waals surface area contributed by atoms with Crippen molar-refractivity contribution in [1.29, 1.82) is 0 Å². The predicted molar refractivity (Wildman–Crippen MR) is 102 cm³/mol. The van der Waals surface area contributed by atoms with Crippen LogP contribution in [0.3, 0.4) is 0 Å². The fraction of sp³-hybridized carbons (Fsp3) is 0.300. The molecule has 1 aliphatic heterocycles. The average Bonchev–Trinajstić information content (AvgIpc) is 3.45. The standard InChI is InChI=1S/C20H19N5O3/c26-20-25(15-4-1-2-6-17(15)27-20)13-12-24-11-3-5-16(24)19-22-18(23-28-19)14-7-9-21-10-8-14/h1-2,4,6-10,16H,3,5,11-13H2/t16-/m0/s1. The quantitative estimate of drug-likeness (QED) is 0.528. The summed E-state index contributed by atoms with van der Waals surface area (Å²) in [5.74, 6) is 0.865. The molecule has 0 aliphatic carbocycles. The summed E-state index contributed by atoms with van der Waals surface area (Å²) in [7, 11) is 0. The average molecular weight is 377 g/mol. The molecule has 0 unspecified atom stereocenters. The van der Waals surface area contributed by atoms with Crippen LogP contribution in [0.25, 0.3) is 22.5 Å². The zero-order valence-electron chi connectivity index (χ0n) is 15.2. The highest BCUT2D eigenvalue weighted by atomic mass is 16.5. The van der Waals surface area contributed by atoms with Crippen LogP contribution in [0.2, 0.25) is 0 Å². The highest BCUT2D eigenvalue weighted by Crippen LogP contribution is 2.31. The Morgan fingerprint density at radius 2 is 1.96 bits per heavy atom. The third-order valence-electron chi connectivity index (χ3n) is 5.21. The van der Waals surface area contributed by atoms with E-state index >= 15 is 0 Å². The Labute approximate surface area is 160 Å². The first-order valence-electron chi connectivity index (χ1n) is 9.36. The van der Waals surface area contributed by atoms with Gasteiger partial charge in [0.15, 0.2) is 5.58 Å². The lowest BCUT2D eigenvalue weighted by molar-refractivity contribution is 0.201. The number of aromatic nitrogens is 4. The van der Waals surface area contributed by atoms with Crippen LogP contribution in [0.15, 0.2) is 62.5 Å². The van der Waals surface area contributed by atoms with Gasteiger partial charge in [0.25, 0.3) is 0 Å². The van der Waals surface area contributed by atoms with Gasteiger partial charge in [-0.2, -0.15) is 4.98 Å². The summed E-state index contributed by atoms with van der Waals surface area (Å²) in [6.07, 6.45) is 5.43. The molecule has 0 spiro atoms. The van der Waals surface area contributed by atoms with Crippen molar-refractivity contribution in [1.82, 2.24) is 24.6 Å². The van der Waals surface area contributed by atoms with E-state index in [0.29, 0.717) is 30.4 Å². The van der Waals surface area contributed by atoms with Crippen LogP contribution in [0.5, 0.6) is 0 Å². The van der Waals surface area contributed by atoms with Crippen LogP contribution in [-0.4, -0.2) is 37.7 Å². The molecular weight excluding hydrogens is 358 g/mol. The maximum Gasteiger partial charge on any atom is 0.419 e. The fourth-order valence-electron chi connectivity index (χ4n) is 3.82. The Morgan fingerprint density at radius 1 is 1.11 bits per heavy atom. The molecule has 5 rings (SSSR count). The van der Waals surface area contributed by atoms with Gasteiger partial charge in [-0.3, -0.25) is 14.5 Å². The second kappa shape index (κ2) is 7.05. The zero-order valence-corrected chi connectivity index (χ0v) is 15.2. The number of oxazole rings is 1. The number of likely N-dealkylation sites (tertiary alicyclic amines) is 1. The van der Waals surface area contributed by atoms with Crippen molar-refractivity contribution in [2.24, 2.45) is 0 Å². The Morgan fingerprint density at radius 3 is 2.86 bits per heavy atom. The molecule has 8 nitrogen and oxygen atoms in total. The molecule has 0 N–H and O–H groups in total. The summed E-state index contributed by atoms with van der Waals surface area (Å²) in [4.78, 5) is 23.1. The number of pyridine rings is 1. The summed E-state index contributed by atoms with van der Waals surface area (Å²) >= 11 is 0. The fourth-order valence-corrected chi connectivity index (χ4v) is 3.82. The van der Waals surface area contributed by atoms with Crippen molar-refractivity contribution in [2.45, 2.75) is 25.4 Å². The largest absolute Gasteiger partial charge is 0.419 e. The van der Waals surface area contributed by atoms with E-state index in [4.69, 9.17) is 8.94 Å². The minimum absolute atomic E-state index is 0.0666. The monoisotopic (exact) mass is 377 g/mol. The van der Waals surface area contributed by atoms with Crippen LogP contribution < -0.4 is 5.76 Å². The molecule has 1 atom stereocenters. The molecule has 3 aromatic heterocycles. The van der Waals surface area contributed by atoms with Gasteiger partial charge in [0.05, 0.1) is 11.6 Å². The molecule has 1 fully saturated rings. The van der Waals surface area contributed by atoms with Crippen molar-refractivity contribution in [2.75, 3.05) is 13.1 Å². The smallest absolute Gasteiger partial charge is 0.408 e. The van der Waals surface area contributed by atoms with Gasteiger partial charge in [0.2, 0.25) is 11.7 Å². The molecule has 4 heterocycles. The van der Waals surface area contributed by atoms with Crippen molar-refractivity contribution < 1.29 is 8.94 Å². The third kappa shape index (κ3) is 3.01. The lowest BCUT2D eigenvalue weighted by atomic mass is 10.2. The van der Waals surface area contributed by atoms with E-state index in [9.17, 15) is 4.79 Å². The second-order valence-electron chi connectivity index (χ2n) is 6.87. The number of hydrogen-bond donors (Lipinski definition) is 0. The molecule has 8 heteroatoms. The molecule has 0 amide bonds. The molecule has 0 radical (unpaired) electrons. The summed E-state index contributed by atoms with van der Waals surface area (Å²) < 4.78 is 12.6. The van der Waals surface area contributed by atoms with E-state index in [1.165, 1.54) is 0 Å². The van der Waals surface area contributed by atoms with Crippen LogP contribution in [0, 0.1) is 0 Å². The van der Waals surface area contributed by atoms with Crippen molar-refractivity contribution in [3.8, 4) is 11.4 Å². The number of rotatable bonds is 5. The second-order valence-corrected chi connectivity index (χ2v) is 6.87. The number of para-hydroxylation sites is 2. The summed E-state index contributed by atoms with van der Waals surface area (Å²) in [5.41, 5.74) is 2.32. The molecule has 142 valence electrons.